The molecule has 138 valence electrons. The Morgan fingerprint density at radius 2 is 1.67 bits per heavy atom. The Hall–Kier alpha value is -0.870. The molecule has 0 fully saturated rings. The van der Waals surface area contributed by atoms with E-state index in [4.69, 9.17) is 0 Å². The van der Waals surface area contributed by atoms with Crippen LogP contribution in [0.1, 0.15) is 83.3 Å². The third-order valence-corrected chi connectivity index (χ3v) is 5.77. The van der Waals surface area contributed by atoms with E-state index in [0.717, 1.165) is 29.9 Å². The maximum absolute atomic E-state index is 11.5. The number of benzene rings is 1. The zero-order valence-corrected chi connectivity index (χ0v) is 16.4. The van der Waals surface area contributed by atoms with Crippen molar-refractivity contribution in [1.29, 1.82) is 0 Å². The molecule has 3 nitrogen and oxygen atoms in total. The molecule has 0 aromatic heterocycles. The lowest BCUT2D eigenvalue weighted by atomic mass is 9.90. The summed E-state index contributed by atoms with van der Waals surface area (Å²) in [6.45, 7) is 6.44. The largest absolute Gasteiger partial charge is 0.294 e. The Kier molecular flexibility index (Phi) is 9.60. The predicted molar refractivity (Wildman–Crippen MR) is 101 cm³/mol. The first-order chi connectivity index (χ1) is 11.4. The van der Waals surface area contributed by atoms with Crippen LogP contribution in [0.25, 0.3) is 0 Å². The normalized spacial score (nSPS) is 13.2. The molecule has 0 saturated heterocycles. The van der Waals surface area contributed by atoms with Crippen molar-refractivity contribution in [2.24, 2.45) is 5.92 Å². The number of hydrogen-bond donors (Lipinski definition) is 1. The van der Waals surface area contributed by atoms with Crippen LogP contribution in [0.15, 0.2) is 23.1 Å². The van der Waals surface area contributed by atoms with Crippen molar-refractivity contribution in [3.05, 3.63) is 29.3 Å². The molecule has 1 unspecified atom stereocenters. The van der Waals surface area contributed by atoms with E-state index in [0.29, 0.717) is 6.42 Å². The summed E-state index contributed by atoms with van der Waals surface area (Å²) < 4.78 is 32.4. The van der Waals surface area contributed by atoms with Crippen molar-refractivity contribution in [2.75, 3.05) is 0 Å². The van der Waals surface area contributed by atoms with E-state index in [1.54, 1.807) is 6.07 Å². The van der Waals surface area contributed by atoms with Crippen LogP contribution < -0.4 is 0 Å². The molecule has 1 aromatic carbocycles. The predicted octanol–water partition coefficient (Wildman–Crippen LogP) is 5.82. The summed E-state index contributed by atoms with van der Waals surface area (Å²) in [5, 5.41) is 0. The number of hydrogen-bond acceptors (Lipinski definition) is 2. The minimum Gasteiger partial charge on any atom is -0.282 e. The van der Waals surface area contributed by atoms with Gasteiger partial charge in [0.25, 0.3) is 10.1 Å². The molecule has 0 aliphatic rings. The third kappa shape index (κ3) is 6.94. The first-order valence-corrected chi connectivity index (χ1v) is 11.0. The van der Waals surface area contributed by atoms with Crippen LogP contribution in [0.2, 0.25) is 0 Å². The quantitative estimate of drug-likeness (QED) is 0.380. The number of rotatable bonds is 12. The van der Waals surface area contributed by atoms with Crippen molar-refractivity contribution in [1.82, 2.24) is 0 Å². The van der Waals surface area contributed by atoms with Crippen LogP contribution in [-0.2, 0) is 23.0 Å². The molecule has 1 atom stereocenters. The summed E-state index contributed by atoms with van der Waals surface area (Å²) in [7, 11) is -4.13. The highest BCUT2D eigenvalue weighted by atomic mass is 32.2. The van der Waals surface area contributed by atoms with Gasteiger partial charge in [-0.3, -0.25) is 4.55 Å². The van der Waals surface area contributed by atoms with Crippen LogP contribution >= 0.6 is 0 Å². The minimum atomic E-state index is -4.13. The highest BCUT2D eigenvalue weighted by Gasteiger charge is 2.16. The van der Waals surface area contributed by atoms with Crippen molar-refractivity contribution in [3.8, 4) is 0 Å². The molecule has 0 amide bonds. The average Bonchev–Trinajstić information content (AvgIpc) is 2.55. The van der Waals surface area contributed by atoms with Gasteiger partial charge in [-0.15, -0.1) is 0 Å². The zero-order valence-electron chi connectivity index (χ0n) is 15.6. The smallest absolute Gasteiger partial charge is 0.282 e. The molecule has 1 N–H and O–H groups in total. The Bertz CT molecular complexity index is 579. The van der Waals surface area contributed by atoms with E-state index in [2.05, 4.69) is 13.8 Å². The average molecular weight is 355 g/mol. The van der Waals surface area contributed by atoms with Crippen LogP contribution in [0.5, 0.6) is 0 Å². The minimum absolute atomic E-state index is 0.0781. The maximum atomic E-state index is 11.5. The summed E-state index contributed by atoms with van der Waals surface area (Å²) in [5.41, 5.74) is 1.84. The standard InChI is InChI=1S/C20H34O3S/c1-4-7-12-17(11-5-2)13-8-9-14-18-15-10-16-20(19(18)6-3)24(21,22)23/h10,15-17H,4-9,11-14H2,1-3H3,(H,21,22,23). The van der Waals surface area contributed by atoms with Gasteiger partial charge in [-0.1, -0.05) is 77.8 Å². The first-order valence-electron chi connectivity index (χ1n) is 9.52. The summed E-state index contributed by atoms with van der Waals surface area (Å²) >= 11 is 0. The molecule has 1 rings (SSSR count). The van der Waals surface area contributed by atoms with Gasteiger partial charge in [0.15, 0.2) is 0 Å². The molecule has 0 radical (unpaired) electrons. The van der Waals surface area contributed by atoms with Crippen molar-refractivity contribution >= 4 is 10.1 Å². The second-order valence-electron chi connectivity index (χ2n) is 6.77. The SMILES string of the molecule is CCCCC(CCC)CCCCc1cccc(S(=O)(=O)O)c1CC. The van der Waals surface area contributed by atoms with Crippen LogP contribution in [0, 0.1) is 5.92 Å². The van der Waals surface area contributed by atoms with Gasteiger partial charge in [-0.25, -0.2) is 0 Å². The summed E-state index contributed by atoms with van der Waals surface area (Å²) in [4.78, 5) is 0.0781. The molecule has 0 spiro atoms. The Morgan fingerprint density at radius 3 is 2.25 bits per heavy atom. The van der Waals surface area contributed by atoms with E-state index in [9.17, 15) is 13.0 Å². The third-order valence-electron chi connectivity index (χ3n) is 4.83. The molecular formula is C20H34O3S. The molecule has 4 heteroatoms. The highest BCUT2D eigenvalue weighted by Crippen LogP contribution is 2.24. The zero-order chi connectivity index (χ0) is 18.0. The van der Waals surface area contributed by atoms with E-state index in [-0.39, 0.29) is 4.90 Å². The lowest BCUT2D eigenvalue weighted by Gasteiger charge is -2.16. The Balaban J connectivity index is 2.61. The van der Waals surface area contributed by atoms with Crippen LogP contribution in [0.3, 0.4) is 0 Å². The van der Waals surface area contributed by atoms with E-state index in [1.807, 2.05) is 13.0 Å². The Morgan fingerprint density at radius 1 is 0.958 bits per heavy atom. The van der Waals surface area contributed by atoms with Gasteiger partial charge in [0.1, 0.15) is 0 Å². The van der Waals surface area contributed by atoms with Crippen LogP contribution in [0.4, 0.5) is 0 Å². The second kappa shape index (κ2) is 10.9. The molecule has 0 saturated carbocycles. The summed E-state index contributed by atoms with van der Waals surface area (Å²) in [6, 6.07) is 5.23. The van der Waals surface area contributed by atoms with Gasteiger partial charge in [-0.2, -0.15) is 8.42 Å². The second-order valence-corrected chi connectivity index (χ2v) is 8.16. The first kappa shape index (κ1) is 21.2. The fourth-order valence-corrected chi connectivity index (χ4v) is 4.41. The fraction of sp³-hybridized carbons (Fsp3) is 0.700. The molecule has 0 heterocycles. The highest BCUT2D eigenvalue weighted by molar-refractivity contribution is 7.85. The van der Waals surface area contributed by atoms with Gasteiger partial charge in [0.2, 0.25) is 0 Å². The fourth-order valence-electron chi connectivity index (χ4n) is 3.57. The molecule has 0 bridgehead atoms. The van der Waals surface area contributed by atoms with Crippen molar-refractivity contribution in [2.45, 2.75) is 89.9 Å². The lowest BCUT2D eigenvalue weighted by Crippen LogP contribution is -2.06. The van der Waals surface area contributed by atoms with Gasteiger partial charge >= 0.3 is 0 Å². The number of aryl methyl sites for hydroxylation is 1. The Labute approximate surface area is 148 Å². The van der Waals surface area contributed by atoms with E-state index >= 15 is 0 Å². The maximum Gasteiger partial charge on any atom is 0.294 e. The topological polar surface area (TPSA) is 54.4 Å². The van der Waals surface area contributed by atoms with Crippen molar-refractivity contribution < 1.29 is 13.0 Å². The van der Waals surface area contributed by atoms with E-state index in [1.165, 1.54) is 51.0 Å². The molecular weight excluding hydrogens is 320 g/mol. The van der Waals surface area contributed by atoms with Crippen LogP contribution in [-0.4, -0.2) is 13.0 Å². The van der Waals surface area contributed by atoms with Gasteiger partial charge < -0.3 is 0 Å². The molecule has 0 aliphatic heterocycles. The molecule has 24 heavy (non-hydrogen) atoms. The number of unbranched alkanes of at least 4 members (excludes halogenated alkanes) is 2. The van der Waals surface area contributed by atoms with Crippen molar-refractivity contribution in [3.63, 3.8) is 0 Å². The van der Waals surface area contributed by atoms with E-state index < -0.39 is 10.1 Å². The molecule has 0 aliphatic carbocycles. The molecule has 1 aromatic rings. The summed E-state index contributed by atoms with van der Waals surface area (Å²) in [6.07, 6.45) is 11.5. The lowest BCUT2D eigenvalue weighted by molar-refractivity contribution is 0.387. The monoisotopic (exact) mass is 354 g/mol. The van der Waals surface area contributed by atoms with Gasteiger partial charge in [0.05, 0.1) is 4.90 Å². The summed E-state index contributed by atoms with van der Waals surface area (Å²) in [5.74, 6) is 0.838. The van der Waals surface area contributed by atoms with Gasteiger partial charge in [0, 0.05) is 0 Å². The van der Waals surface area contributed by atoms with Gasteiger partial charge in [-0.05, 0) is 42.4 Å².